The predicted molar refractivity (Wildman–Crippen MR) is 81.0 cm³/mol. The molecule has 112 valence electrons. The van der Waals surface area contributed by atoms with Crippen molar-refractivity contribution in [3.63, 3.8) is 0 Å². The summed E-state index contributed by atoms with van der Waals surface area (Å²) in [6.07, 6.45) is 5.87. The molecule has 4 rings (SSSR count). The molecular weight excluding hydrogens is 262 g/mol. The maximum Gasteiger partial charge on any atom is 0.226 e. The molecular formula is C18H23NO2. The van der Waals surface area contributed by atoms with E-state index >= 15 is 0 Å². The van der Waals surface area contributed by atoms with Gasteiger partial charge in [-0.1, -0.05) is 12.1 Å². The van der Waals surface area contributed by atoms with Gasteiger partial charge in [0, 0.05) is 12.5 Å². The third-order valence-electron chi connectivity index (χ3n) is 5.61. The summed E-state index contributed by atoms with van der Waals surface area (Å²) in [5, 5.41) is 0. The van der Waals surface area contributed by atoms with Crippen molar-refractivity contribution < 1.29 is 9.53 Å². The Kier molecular flexibility index (Phi) is 3.16. The first-order valence-electron chi connectivity index (χ1n) is 8.20. The summed E-state index contributed by atoms with van der Waals surface area (Å²) >= 11 is 0. The van der Waals surface area contributed by atoms with Crippen LogP contribution in [0.15, 0.2) is 24.3 Å². The van der Waals surface area contributed by atoms with Crippen molar-refractivity contribution in [1.29, 1.82) is 0 Å². The average molecular weight is 285 g/mol. The molecule has 0 N–H and O–H groups in total. The van der Waals surface area contributed by atoms with Crippen LogP contribution in [0.5, 0.6) is 5.75 Å². The SMILES string of the molecule is COc1cccc(C2CCCN2C(=O)C2CC3CC3C2)c1. The fourth-order valence-electron chi connectivity index (χ4n) is 4.38. The number of amides is 1. The van der Waals surface area contributed by atoms with Crippen molar-refractivity contribution in [2.75, 3.05) is 13.7 Å². The Labute approximate surface area is 126 Å². The number of nitrogens with zero attached hydrogens (tertiary/aromatic N) is 1. The Morgan fingerprint density at radius 2 is 2.05 bits per heavy atom. The van der Waals surface area contributed by atoms with Crippen LogP contribution >= 0.6 is 0 Å². The summed E-state index contributed by atoms with van der Waals surface area (Å²) in [6.45, 7) is 0.923. The standard InChI is InChI=1S/C18H23NO2/c1-21-16-5-2-4-12(11-16)17-6-3-7-19(17)18(20)15-9-13-8-14(13)10-15/h2,4-5,11,13-15,17H,3,6-10H2,1H3. The van der Waals surface area contributed by atoms with E-state index in [0.717, 1.165) is 49.8 Å². The molecule has 3 unspecified atom stereocenters. The van der Waals surface area contributed by atoms with Crippen LogP contribution in [0.1, 0.15) is 43.7 Å². The van der Waals surface area contributed by atoms with Crippen molar-refractivity contribution in [1.82, 2.24) is 4.90 Å². The quantitative estimate of drug-likeness (QED) is 0.852. The number of benzene rings is 1. The molecule has 0 bridgehead atoms. The molecule has 0 aromatic heterocycles. The topological polar surface area (TPSA) is 29.5 Å². The van der Waals surface area contributed by atoms with Crippen LogP contribution < -0.4 is 4.74 Å². The molecule has 3 heteroatoms. The molecule has 1 aliphatic heterocycles. The van der Waals surface area contributed by atoms with Gasteiger partial charge in [-0.2, -0.15) is 0 Å². The fourth-order valence-corrected chi connectivity index (χ4v) is 4.38. The number of hydrogen-bond acceptors (Lipinski definition) is 2. The second-order valence-corrected chi connectivity index (χ2v) is 6.89. The molecule has 1 saturated heterocycles. The zero-order valence-corrected chi connectivity index (χ0v) is 12.6. The molecule has 21 heavy (non-hydrogen) atoms. The summed E-state index contributed by atoms with van der Waals surface area (Å²) in [4.78, 5) is 15.0. The number of fused-ring (bicyclic) bond motifs is 1. The highest BCUT2D eigenvalue weighted by molar-refractivity contribution is 5.80. The van der Waals surface area contributed by atoms with Gasteiger partial charge >= 0.3 is 0 Å². The molecule has 3 fully saturated rings. The van der Waals surface area contributed by atoms with Gasteiger partial charge in [-0.25, -0.2) is 0 Å². The van der Waals surface area contributed by atoms with E-state index < -0.39 is 0 Å². The molecule has 1 aromatic carbocycles. The zero-order valence-electron chi connectivity index (χ0n) is 12.6. The number of hydrogen-bond donors (Lipinski definition) is 0. The molecule has 3 atom stereocenters. The molecule has 2 saturated carbocycles. The van der Waals surface area contributed by atoms with Crippen molar-refractivity contribution in [3.8, 4) is 5.75 Å². The van der Waals surface area contributed by atoms with Gasteiger partial charge in [0.15, 0.2) is 0 Å². The van der Waals surface area contributed by atoms with E-state index in [1.54, 1.807) is 7.11 Å². The first kappa shape index (κ1) is 13.2. The Morgan fingerprint density at radius 3 is 2.81 bits per heavy atom. The third-order valence-corrected chi connectivity index (χ3v) is 5.61. The van der Waals surface area contributed by atoms with E-state index in [-0.39, 0.29) is 6.04 Å². The number of ether oxygens (including phenoxy) is 1. The van der Waals surface area contributed by atoms with Gasteiger partial charge in [0.25, 0.3) is 0 Å². The highest BCUT2D eigenvalue weighted by Gasteiger charge is 2.49. The first-order chi connectivity index (χ1) is 10.3. The summed E-state index contributed by atoms with van der Waals surface area (Å²) in [7, 11) is 1.70. The summed E-state index contributed by atoms with van der Waals surface area (Å²) in [5.41, 5.74) is 1.23. The van der Waals surface area contributed by atoms with Crippen LogP contribution in [0.2, 0.25) is 0 Å². The summed E-state index contributed by atoms with van der Waals surface area (Å²) in [5.74, 6) is 3.34. The second kappa shape index (κ2) is 5.04. The van der Waals surface area contributed by atoms with Gasteiger partial charge in [0.1, 0.15) is 5.75 Å². The normalized spacial score (nSPS) is 33.9. The van der Waals surface area contributed by atoms with E-state index in [1.807, 2.05) is 12.1 Å². The van der Waals surface area contributed by atoms with Gasteiger partial charge in [0.2, 0.25) is 5.91 Å². The maximum absolute atomic E-state index is 12.8. The van der Waals surface area contributed by atoms with Crippen LogP contribution in [0, 0.1) is 17.8 Å². The lowest BCUT2D eigenvalue weighted by molar-refractivity contribution is -0.136. The number of rotatable bonds is 3. The van der Waals surface area contributed by atoms with E-state index in [9.17, 15) is 4.79 Å². The van der Waals surface area contributed by atoms with Gasteiger partial charge in [-0.15, -0.1) is 0 Å². The Balaban J connectivity index is 1.52. The molecule has 1 aromatic rings. The van der Waals surface area contributed by atoms with Crippen molar-refractivity contribution in [2.45, 2.75) is 38.1 Å². The lowest BCUT2D eigenvalue weighted by Crippen LogP contribution is -2.35. The van der Waals surface area contributed by atoms with Crippen LogP contribution in [0.3, 0.4) is 0 Å². The van der Waals surface area contributed by atoms with Crippen molar-refractivity contribution in [3.05, 3.63) is 29.8 Å². The third kappa shape index (κ3) is 2.33. The molecule has 3 nitrogen and oxygen atoms in total. The Bertz CT molecular complexity index is 546. The average Bonchev–Trinajstić information content (AvgIpc) is 2.95. The number of carbonyl (C=O) groups is 1. The largest absolute Gasteiger partial charge is 0.497 e. The minimum Gasteiger partial charge on any atom is -0.497 e. The number of likely N-dealkylation sites (tertiary alicyclic amines) is 1. The maximum atomic E-state index is 12.8. The van der Waals surface area contributed by atoms with Crippen LogP contribution in [0.4, 0.5) is 0 Å². The van der Waals surface area contributed by atoms with E-state index in [0.29, 0.717) is 11.8 Å². The Hall–Kier alpha value is -1.51. The summed E-state index contributed by atoms with van der Waals surface area (Å²) in [6, 6.07) is 8.46. The molecule has 0 spiro atoms. The van der Waals surface area contributed by atoms with Gasteiger partial charge in [-0.3, -0.25) is 4.79 Å². The lowest BCUT2D eigenvalue weighted by Gasteiger charge is -2.28. The number of methoxy groups -OCH3 is 1. The summed E-state index contributed by atoms with van der Waals surface area (Å²) < 4.78 is 5.33. The monoisotopic (exact) mass is 285 g/mol. The minimum absolute atomic E-state index is 0.254. The highest BCUT2D eigenvalue weighted by Crippen LogP contribution is 2.55. The second-order valence-electron chi connectivity index (χ2n) is 6.89. The van der Waals surface area contributed by atoms with Crippen molar-refractivity contribution in [2.24, 2.45) is 17.8 Å². The first-order valence-corrected chi connectivity index (χ1v) is 8.20. The molecule has 1 heterocycles. The lowest BCUT2D eigenvalue weighted by atomic mass is 9.99. The molecule has 3 aliphatic rings. The molecule has 0 radical (unpaired) electrons. The molecule has 2 aliphatic carbocycles. The van der Waals surface area contributed by atoms with Crippen LogP contribution in [-0.4, -0.2) is 24.5 Å². The van der Waals surface area contributed by atoms with E-state index in [1.165, 1.54) is 12.0 Å². The van der Waals surface area contributed by atoms with Crippen molar-refractivity contribution >= 4 is 5.91 Å². The van der Waals surface area contributed by atoms with Crippen LogP contribution in [-0.2, 0) is 4.79 Å². The van der Waals surface area contributed by atoms with Gasteiger partial charge in [-0.05, 0) is 61.6 Å². The van der Waals surface area contributed by atoms with Crippen LogP contribution in [0.25, 0.3) is 0 Å². The number of carbonyl (C=O) groups excluding carboxylic acids is 1. The zero-order chi connectivity index (χ0) is 14.4. The highest BCUT2D eigenvalue weighted by atomic mass is 16.5. The predicted octanol–water partition coefficient (Wildman–Crippen LogP) is 3.40. The van der Waals surface area contributed by atoms with E-state index in [4.69, 9.17) is 4.74 Å². The van der Waals surface area contributed by atoms with E-state index in [2.05, 4.69) is 17.0 Å². The minimum atomic E-state index is 0.254. The van der Waals surface area contributed by atoms with Gasteiger partial charge < -0.3 is 9.64 Å². The molecule has 1 amide bonds. The van der Waals surface area contributed by atoms with Gasteiger partial charge in [0.05, 0.1) is 13.2 Å². The Morgan fingerprint density at radius 1 is 1.24 bits per heavy atom. The fraction of sp³-hybridized carbons (Fsp3) is 0.611. The smallest absolute Gasteiger partial charge is 0.226 e.